The van der Waals surface area contributed by atoms with E-state index in [9.17, 15) is 0 Å². The van der Waals surface area contributed by atoms with E-state index in [0.29, 0.717) is 5.92 Å². The van der Waals surface area contributed by atoms with Crippen molar-refractivity contribution in [1.29, 1.82) is 0 Å². The van der Waals surface area contributed by atoms with Crippen LogP contribution in [0.15, 0.2) is 36.7 Å². The zero-order valence-electron chi connectivity index (χ0n) is 10.9. The topological polar surface area (TPSA) is 24.9 Å². The number of benzene rings is 1. The van der Waals surface area contributed by atoms with Crippen molar-refractivity contribution in [2.75, 3.05) is 13.1 Å². The monoisotopic (exact) mass is 240 g/mol. The van der Waals surface area contributed by atoms with Crippen LogP contribution in [0.25, 0.3) is 10.8 Å². The highest BCUT2D eigenvalue weighted by molar-refractivity contribution is 5.85. The second-order valence-corrected chi connectivity index (χ2v) is 5.22. The first kappa shape index (κ1) is 11.7. The fourth-order valence-electron chi connectivity index (χ4n) is 3.20. The predicted molar refractivity (Wildman–Crippen MR) is 75.8 cm³/mol. The minimum atomic E-state index is 0.662. The number of piperidine rings is 1. The van der Waals surface area contributed by atoms with E-state index in [0.717, 1.165) is 19.0 Å². The first-order valence-corrected chi connectivity index (χ1v) is 6.93. The summed E-state index contributed by atoms with van der Waals surface area (Å²) in [6.45, 7) is 4.57. The maximum atomic E-state index is 4.44. The molecule has 2 heterocycles. The van der Waals surface area contributed by atoms with Crippen LogP contribution in [-0.2, 0) is 0 Å². The van der Waals surface area contributed by atoms with Crippen molar-refractivity contribution >= 4 is 10.8 Å². The Hall–Kier alpha value is -1.41. The lowest BCUT2D eigenvalue weighted by molar-refractivity contribution is 0.319. The molecular formula is C16H20N2. The second kappa shape index (κ2) is 5.07. The molecule has 18 heavy (non-hydrogen) atoms. The zero-order valence-corrected chi connectivity index (χ0v) is 10.9. The van der Waals surface area contributed by atoms with Crippen LogP contribution >= 0.6 is 0 Å². The molecule has 2 heteroatoms. The molecule has 1 N–H and O–H groups in total. The lowest BCUT2D eigenvalue weighted by atomic mass is 9.79. The molecule has 1 aliphatic heterocycles. The van der Waals surface area contributed by atoms with Crippen LogP contribution in [0.4, 0.5) is 0 Å². The Balaban J connectivity index is 2.07. The van der Waals surface area contributed by atoms with Gasteiger partial charge < -0.3 is 5.32 Å². The molecule has 0 spiro atoms. The molecule has 1 aromatic heterocycles. The maximum absolute atomic E-state index is 4.44. The molecule has 0 aliphatic carbocycles. The number of nitrogens with zero attached hydrogens (tertiary/aromatic N) is 1. The van der Waals surface area contributed by atoms with Gasteiger partial charge in [-0.25, -0.2) is 0 Å². The Morgan fingerprint density at radius 3 is 3.06 bits per heavy atom. The first-order valence-electron chi connectivity index (χ1n) is 6.93. The van der Waals surface area contributed by atoms with Crippen molar-refractivity contribution < 1.29 is 0 Å². The fourth-order valence-corrected chi connectivity index (χ4v) is 3.20. The molecule has 0 radical (unpaired) electrons. The van der Waals surface area contributed by atoms with Gasteiger partial charge in [-0.15, -0.1) is 0 Å². The van der Waals surface area contributed by atoms with E-state index < -0.39 is 0 Å². The molecule has 0 bridgehead atoms. The zero-order chi connectivity index (χ0) is 12.4. The van der Waals surface area contributed by atoms with E-state index in [-0.39, 0.29) is 0 Å². The third kappa shape index (κ3) is 2.01. The van der Waals surface area contributed by atoms with Gasteiger partial charge in [0.25, 0.3) is 0 Å². The average Bonchev–Trinajstić information content (AvgIpc) is 2.46. The number of rotatable bonds is 2. The summed E-state index contributed by atoms with van der Waals surface area (Å²) in [6.07, 6.45) is 6.52. The second-order valence-electron chi connectivity index (χ2n) is 5.22. The van der Waals surface area contributed by atoms with Crippen LogP contribution in [0, 0.1) is 5.92 Å². The fraction of sp³-hybridized carbons (Fsp3) is 0.438. The SMILES string of the molecule is CCC1CNCCC1c1cncc2ccccc12. The summed E-state index contributed by atoms with van der Waals surface area (Å²) in [5, 5.41) is 6.17. The van der Waals surface area contributed by atoms with Crippen molar-refractivity contribution in [3.05, 3.63) is 42.2 Å². The highest BCUT2D eigenvalue weighted by Gasteiger charge is 2.26. The van der Waals surface area contributed by atoms with Crippen molar-refractivity contribution in [2.24, 2.45) is 5.92 Å². The van der Waals surface area contributed by atoms with Crippen LogP contribution in [0.2, 0.25) is 0 Å². The van der Waals surface area contributed by atoms with Crippen LogP contribution < -0.4 is 5.32 Å². The molecule has 1 saturated heterocycles. The number of fused-ring (bicyclic) bond motifs is 1. The Morgan fingerprint density at radius 2 is 2.17 bits per heavy atom. The molecule has 1 aromatic carbocycles. The molecule has 0 saturated carbocycles. The predicted octanol–water partition coefficient (Wildman–Crippen LogP) is 3.34. The highest BCUT2D eigenvalue weighted by atomic mass is 14.9. The summed E-state index contributed by atoms with van der Waals surface area (Å²) >= 11 is 0. The number of hydrogen-bond acceptors (Lipinski definition) is 2. The van der Waals surface area contributed by atoms with Crippen molar-refractivity contribution in [3.8, 4) is 0 Å². The van der Waals surface area contributed by atoms with Gasteiger partial charge in [0, 0.05) is 17.8 Å². The van der Waals surface area contributed by atoms with E-state index in [2.05, 4.69) is 47.7 Å². The third-order valence-corrected chi connectivity index (χ3v) is 4.23. The number of hydrogen-bond donors (Lipinski definition) is 1. The largest absolute Gasteiger partial charge is 0.316 e. The van der Waals surface area contributed by atoms with Crippen molar-refractivity contribution in [3.63, 3.8) is 0 Å². The highest BCUT2D eigenvalue weighted by Crippen LogP contribution is 2.35. The third-order valence-electron chi connectivity index (χ3n) is 4.23. The normalized spacial score (nSPS) is 24.3. The number of aromatic nitrogens is 1. The van der Waals surface area contributed by atoms with Gasteiger partial charge in [0.05, 0.1) is 0 Å². The van der Waals surface area contributed by atoms with E-state index in [1.54, 1.807) is 0 Å². The quantitative estimate of drug-likeness (QED) is 0.871. The van der Waals surface area contributed by atoms with Crippen molar-refractivity contribution in [1.82, 2.24) is 10.3 Å². The molecule has 2 atom stereocenters. The lowest BCUT2D eigenvalue weighted by Gasteiger charge is -2.32. The maximum Gasteiger partial charge on any atom is 0.0346 e. The van der Waals surface area contributed by atoms with Gasteiger partial charge in [-0.3, -0.25) is 4.98 Å². The molecule has 3 rings (SSSR count). The van der Waals surface area contributed by atoms with E-state index >= 15 is 0 Å². The molecule has 0 amide bonds. The summed E-state index contributed by atoms with van der Waals surface area (Å²) in [4.78, 5) is 4.44. The standard InChI is InChI=1S/C16H20N2/c1-2-12-9-17-8-7-15(12)16-11-18-10-13-5-3-4-6-14(13)16/h3-6,10-12,15,17H,2,7-9H2,1H3. The number of nitrogens with one attached hydrogen (secondary N) is 1. The van der Waals surface area contributed by atoms with Crippen LogP contribution in [0.5, 0.6) is 0 Å². The van der Waals surface area contributed by atoms with Gasteiger partial charge in [-0.2, -0.15) is 0 Å². The summed E-state index contributed by atoms with van der Waals surface area (Å²) < 4.78 is 0. The van der Waals surface area contributed by atoms with Crippen LogP contribution in [-0.4, -0.2) is 18.1 Å². The van der Waals surface area contributed by atoms with E-state index in [1.165, 1.54) is 29.2 Å². The molecule has 2 aromatic rings. The summed E-state index contributed by atoms with van der Waals surface area (Å²) in [5.74, 6) is 1.40. The Labute approximate surface area is 108 Å². The molecule has 2 unspecified atom stereocenters. The Morgan fingerprint density at radius 1 is 1.28 bits per heavy atom. The van der Waals surface area contributed by atoms with Gasteiger partial charge in [0.15, 0.2) is 0 Å². The van der Waals surface area contributed by atoms with Gasteiger partial charge in [0.1, 0.15) is 0 Å². The Kier molecular flexibility index (Phi) is 3.28. The minimum Gasteiger partial charge on any atom is -0.316 e. The molecular weight excluding hydrogens is 220 g/mol. The summed E-state index contributed by atoms with van der Waals surface area (Å²) in [5.41, 5.74) is 1.45. The molecule has 94 valence electrons. The van der Waals surface area contributed by atoms with Gasteiger partial charge in [0.2, 0.25) is 0 Å². The van der Waals surface area contributed by atoms with Gasteiger partial charge in [-0.05, 0) is 42.3 Å². The van der Waals surface area contributed by atoms with Crippen LogP contribution in [0.3, 0.4) is 0 Å². The minimum absolute atomic E-state index is 0.662. The smallest absolute Gasteiger partial charge is 0.0346 e. The average molecular weight is 240 g/mol. The lowest BCUT2D eigenvalue weighted by Crippen LogP contribution is -2.35. The van der Waals surface area contributed by atoms with Crippen molar-refractivity contribution in [2.45, 2.75) is 25.7 Å². The number of pyridine rings is 1. The van der Waals surface area contributed by atoms with Crippen LogP contribution in [0.1, 0.15) is 31.2 Å². The van der Waals surface area contributed by atoms with Gasteiger partial charge >= 0.3 is 0 Å². The molecule has 1 aliphatic rings. The molecule has 2 nitrogen and oxygen atoms in total. The van der Waals surface area contributed by atoms with E-state index in [4.69, 9.17) is 0 Å². The first-order chi connectivity index (χ1) is 8.90. The van der Waals surface area contributed by atoms with Gasteiger partial charge in [-0.1, -0.05) is 37.6 Å². The summed E-state index contributed by atoms with van der Waals surface area (Å²) in [7, 11) is 0. The molecule has 1 fully saturated rings. The summed E-state index contributed by atoms with van der Waals surface area (Å²) in [6, 6.07) is 8.62. The van der Waals surface area contributed by atoms with E-state index in [1.807, 2.05) is 6.20 Å². The Bertz CT molecular complexity index is 530.